The van der Waals surface area contributed by atoms with Gasteiger partial charge < -0.3 is 0 Å². The molecule has 1 amide bonds. The molecule has 1 heterocycles. The topological polar surface area (TPSA) is 116 Å². The van der Waals surface area contributed by atoms with E-state index in [0.29, 0.717) is 6.54 Å². The van der Waals surface area contributed by atoms with E-state index in [9.17, 15) is 14.9 Å². The molecule has 0 aliphatic rings. The summed E-state index contributed by atoms with van der Waals surface area (Å²) in [5.74, 6) is -0.560. The SMILES string of the molecule is CCn1nnc(NC(=O)c2ccc(Cl)c([N+](=O)[O-])c2)n1. The minimum atomic E-state index is -0.662. The maximum Gasteiger partial charge on any atom is 0.288 e. The van der Waals surface area contributed by atoms with Crippen LogP contribution in [0.3, 0.4) is 0 Å². The molecule has 2 aromatic rings. The first-order valence-electron chi connectivity index (χ1n) is 5.54. The average molecular weight is 297 g/mol. The lowest BCUT2D eigenvalue weighted by Crippen LogP contribution is -2.13. The molecule has 0 bridgehead atoms. The number of benzene rings is 1. The second-order valence-electron chi connectivity index (χ2n) is 3.68. The van der Waals surface area contributed by atoms with Gasteiger partial charge in [0.15, 0.2) is 0 Å². The number of aryl methyl sites for hydroxylation is 1. The van der Waals surface area contributed by atoms with Crippen LogP contribution in [0, 0.1) is 10.1 Å². The first kappa shape index (κ1) is 13.9. The van der Waals surface area contributed by atoms with Crippen LogP contribution in [-0.2, 0) is 6.54 Å². The van der Waals surface area contributed by atoms with Crippen molar-refractivity contribution in [3.63, 3.8) is 0 Å². The molecule has 0 radical (unpaired) electrons. The fourth-order valence-electron chi connectivity index (χ4n) is 1.39. The zero-order chi connectivity index (χ0) is 14.7. The van der Waals surface area contributed by atoms with Crippen LogP contribution in [0.5, 0.6) is 0 Å². The van der Waals surface area contributed by atoms with Crippen molar-refractivity contribution in [3.05, 3.63) is 38.9 Å². The Bertz CT molecular complexity index is 671. The molecule has 1 aromatic heterocycles. The number of nitrogens with one attached hydrogen (secondary N) is 1. The van der Waals surface area contributed by atoms with Crippen molar-refractivity contribution in [2.75, 3.05) is 5.32 Å². The van der Waals surface area contributed by atoms with E-state index in [2.05, 4.69) is 20.7 Å². The number of nitrogens with zero attached hydrogens (tertiary/aromatic N) is 5. The summed E-state index contributed by atoms with van der Waals surface area (Å²) in [6, 6.07) is 3.74. The molecule has 0 unspecified atom stereocenters. The summed E-state index contributed by atoms with van der Waals surface area (Å²) in [7, 11) is 0. The summed E-state index contributed by atoms with van der Waals surface area (Å²) in [5.41, 5.74) is -0.265. The molecule has 0 aliphatic carbocycles. The van der Waals surface area contributed by atoms with Crippen LogP contribution in [0.4, 0.5) is 11.6 Å². The maximum atomic E-state index is 11.9. The van der Waals surface area contributed by atoms with Gasteiger partial charge in [-0.1, -0.05) is 16.7 Å². The van der Waals surface area contributed by atoms with Crippen molar-refractivity contribution >= 4 is 29.1 Å². The minimum Gasteiger partial charge on any atom is -0.288 e. The molecule has 10 heteroatoms. The molecule has 9 nitrogen and oxygen atoms in total. The number of nitro benzene ring substituents is 1. The maximum absolute atomic E-state index is 11.9. The number of carbonyl (C=O) groups excluding carboxylic acids is 1. The predicted molar refractivity (Wildman–Crippen MR) is 69.6 cm³/mol. The summed E-state index contributed by atoms with van der Waals surface area (Å²) in [4.78, 5) is 23.3. The van der Waals surface area contributed by atoms with Crippen molar-refractivity contribution in [1.82, 2.24) is 20.2 Å². The first-order chi connectivity index (χ1) is 9.51. The summed E-state index contributed by atoms with van der Waals surface area (Å²) < 4.78 is 0. The molecular weight excluding hydrogens is 288 g/mol. The number of rotatable bonds is 4. The number of tetrazole rings is 1. The van der Waals surface area contributed by atoms with Crippen molar-refractivity contribution in [2.45, 2.75) is 13.5 Å². The van der Waals surface area contributed by atoms with Gasteiger partial charge in [0.05, 0.1) is 11.5 Å². The zero-order valence-electron chi connectivity index (χ0n) is 10.3. The van der Waals surface area contributed by atoms with Gasteiger partial charge in [-0.3, -0.25) is 20.2 Å². The number of nitro groups is 1. The third-order valence-electron chi connectivity index (χ3n) is 2.37. The Morgan fingerprint density at radius 2 is 2.30 bits per heavy atom. The summed E-state index contributed by atoms with van der Waals surface area (Å²) in [6.07, 6.45) is 0. The van der Waals surface area contributed by atoms with Crippen LogP contribution in [0.1, 0.15) is 17.3 Å². The van der Waals surface area contributed by atoms with E-state index >= 15 is 0 Å². The van der Waals surface area contributed by atoms with Gasteiger partial charge in [-0.05, 0) is 24.3 Å². The number of carbonyl (C=O) groups is 1. The average Bonchev–Trinajstić information content (AvgIpc) is 2.86. The number of aromatic nitrogens is 4. The second-order valence-corrected chi connectivity index (χ2v) is 4.09. The summed E-state index contributed by atoms with van der Waals surface area (Å²) >= 11 is 5.67. The van der Waals surface area contributed by atoms with E-state index in [1.807, 2.05) is 6.92 Å². The number of hydrogen-bond donors (Lipinski definition) is 1. The molecule has 0 saturated heterocycles. The van der Waals surface area contributed by atoms with Gasteiger partial charge in [-0.2, -0.15) is 4.80 Å². The Hall–Kier alpha value is -2.55. The van der Waals surface area contributed by atoms with E-state index in [-0.39, 0.29) is 22.2 Å². The molecule has 2 rings (SSSR count). The van der Waals surface area contributed by atoms with Crippen molar-refractivity contribution < 1.29 is 9.72 Å². The highest BCUT2D eigenvalue weighted by molar-refractivity contribution is 6.32. The lowest BCUT2D eigenvalue weighted by molar-refractivity contribution is -0.384. The number of halogens is 1. The van der Waals surface area contributed by atoms with Gasteiger partial charge in [-0.25, -0.2) is 0 Å². The van der Waals surface area contributed by atoms with E-state index in [4.69, 9.17) is 11.6 Å². The molecule has 0 atom stereocenters. The lowest BCUT2D eigenvalue weighted by atomic mass is 10.2. The van der Waals surface area contributed by atoms with Gasteiger partial charge >= 0.3 is 0 Å². The first-order valence-corrected chi connectivity index (χ1v) is 5.92. The summed E-state index contributed by atoms with van der Waals surface area (Å²) in [5, 5.41) is 24.3. The van der Waals surface area contributed by atoms with Crippen LogP contribution < -0.4 is 5.32 Å². The number of amides is 1. The second kappa shape index (κ2) is 5.61. The Labute approximate surface area is 117 Å². The minimum absolute atomic E-state index is 0.0226. The molecule has 104 valence electrons. The van der Waals surface area contributed by atoms with Crippen LogP contribution in [-0.4, -0.2) is 31.0 Å². The molecule has 0 fully saturated rings. The fourth-order valence-corrected chi connectivity index (χ4v) is 1.58. The molecular formula is C10H9ClN6O3. The number of hydrogen-bond acceptors (Lipinski definition) is 6. The van der Waals surface area contributed by atoms with Gasteiger partial charge in [0.25, 0.3) is 17.5 Å². The van der Waals surface area contributed by atoms with Crippen molar-refractivity contribution in [3.8, 4) is 0 Å². The Morgan fingerprint density at radius 1 is 1.55 bits per heavy atom. The Balaban J connectivity index is 2.21. The monoisotopic (exact) mass is 296 g/mol. The smallest absolute Gasteiger partial charge is 0.288 e. The van der Waals surface area contributed by atoms with Crippen LogP contribution in [0.2, 0.25) is 5.02 Å². The highest BCUT2D eigenvalue weighted by Crippen LogP contribution is 2.25. The van der Waals surface area contributed by atoms with E-state index in [0.717, 1.165) is 6.07 Å². The molecule has 0 aliphatic heterocycles. The molecule has 0 spiro atoms. The fraction of sp³-hybridized carbons (Fsp3) is 0.200. The Kier molecular flexibility index (Phi) is 3.89. The lowest BCUT2D eigenvalue weighted by Gasteiger charge is -2.01. The van der Waals surface area contributed by atoms with E-state index in [1.54, 1.807) is 0 Å². The quantitative estimate of drug-likeness (QED) is 0.675. The third kappa shape index (κ3) is 2.88. The molecule has 0 saturated carbocycles. The van der Waals surface area contributed by atoms with Crippen LogP contribution >= 0.6 is 11.6 Å². The van der Waals surface area contributed by atoms with Crippen LogP contribution in [0.15, 0.2) is 18.2 Å². The molecule has 1 N–H and O–H groups in total. The van der Waals surface area contributed by atoms with Crippen molar-refractivity contribution in [2.24, 2.45) is 0 Å². The predicted octanol–water partition coefficient (Wildman–Crippen LogP) is 1.51. The standard InChI is InChI=1S/C10H9ClN6O3/c1-2-16-14-10(13-15-16)12-9(18)6-3-4-7(11)8(5-6)17(19)20/h3-5H,2H2,1H3,(H,12,14,18). The van der Waals surface area contributed by atoms with Gasteiger partial charge in [0.2, 0.25) is 0 Å². The van der Waals surface area contributed by atoms with E-state index < -0.39 is 10.8 Å². The third-order valence-corrected chi connectivity index (χ3v) is 2.69. The molecule has 1 aromatic carbocycles. The Morgan fingerprint density at radius 3 is 2.90 bits per heavy atom. The highest BCUT2D eigenvalue weighted by atomic mass is 35.5. The largest absolute Gasteiger partial charge is 0.288 e. The van der Waals surface area contributed by atoms with Gasteiger partial charge in [0.1, 0.15) is 5.02 Å². The molecule has 20 heavy (non-hydrogen) atoms. The van der Waals surface area contributed by atoms with Gasteiger partial charge in [0, 0.05) is 11.6 Å². The van der Waals surface area contributed by atoms with E-state index in [1.165, 1.54) is 16.9 Å². The highest BCUT2D eigenvalue weighted by Gasteiger charge is 2.17. The van der Waals surface area contributed by atoms with Gasteiger partial charge in [-0.15, -0.1) is 5.10 Å². The summed E-state index contributed by atoms with van der Waals surface area (Å²) in [6.45, 7) is 2.32. The number of anilines is 1. The van der Waals surface area contributed by atoms with Crippen molar-refractivity contribution in [1.29, 1.82) is 0 Å². The normalized spacial score (nSPS) is 10.3. The zero-order valence-corrected chi connectivity index (χ0v) is 11.0. The van der Waals surface area contributed by atoms with Crippen LogP contribution in [0.25, 0.3) is 0 Å².